The van der Waals surface area contributed by atoms with E-state index in [1.807, 2.05) is 42.5 Å². The Bertz CT molecular complexity index is 617. The van der Waals surface area contributed by atoms with Gasteiger partial charge in [-0.25, -0.2) is 0 Å². The van der Waals surface area contributed by atoms with Gasteiger partial charge in [0.25, 0.3) is 0 Å². The lowest BCUT2D eigenvalue weighted by Gasteiger charge is -2.22. The fraction of sp³-hybridized carbons (Fsp3) is 0.133. The predicted octanol–water partition coefficient (Wildman–Crippen LogP) is 2.87. The molecule has 0 radical (unpaired) electrons. The number of carbonyl (C=O) groups is 1. The Balaban J connectivity index is 2.21. The zero-order valence-electron chi connectivity index (χ0n) is 9.72. The van der Waals surface area contributed by atoms with E-state index in [9.17, 15) is 4.79 Å². The Morgan fingerprint density at radius 3 is 2.83 bits per heavy atom. The molecule has 2 aromatic carbocycles. The van der Waals surface area contributed by atoms with Crippen LogP contribution in [0.5, 0.6) is 5.75 Å². The van der Waals surface area contributed by atoms with Crippen LogP contribution >= 0.6 is 0 Å². The molecule has 3 heteroatoms. The first-order valence-corrected chi connectivity index (χ1v) is 5.80. The Morgan fingerprint density at radius 2 is 2.00 bits per heavy atom. The third kappa shape index (κ3) is 1.74. The lowest BCUT2D eigenvalue weighted by Crippen LogP contribution is -2.09. The highest BCUT2D eigenvalue weighted by molar-refractivity contribution is 5.82. The molecule has 1 aliphatic rings. The minimum absolute atomic E-state index is 0.0147. The van der Waals surface area contributed by atoms with E-state index in [0.717, 1.165) is 28.0 Å². The van der Waals surface area contributed by atoms with E-state index in [4.69, 9.17) is 9.84 Å². The molecule has 1 heterocycles. The number of rotatable bonds is 2. The van der Waals surface area contributed by atoms with E-state index in [2.05, 4.69) is 0 Å². The fourth-order valence-corrected chi connectivity index (χ4v) is 2.36. The van der Waals surface area contributed by atoms with Crippen molar-refractivity contribution in [1.82, 2.24) is 0 Å². The van der Waals surface area contributed by atoms with Crippen molar-refractivity contribution < 1.29 is 14.6 Å². The van der Waals surface area contributed by atoms with Crippen molar-refractivity contribution >= 4 is 5.97 Å². The number of benzene rings is 2. The molecular weight excluding hydrogens is 228 g/mol. The molecule has 0 aromatic heterocycles. The number of fused-ring (bicyclic) bond motifs is 3. The molecule has 3 rings (SSSR count). The van der Waals surface area contributed by atoms with Gasteiger partial charge in [-0.3, -0.25) is 4.79 Å². The number of aliphatic carboxylic acids is 1. The summed E-state index contributed by atoms with van der Waals surface area (Å²) in [6, 6.07) is 13.5. The predicted molar refractivity (Wildman–Crippen MR) is 67.5 cm³/mol. The number of carboxylic acids is 1. The summed E-state index contributed by atoms with van der Waals surface area (Å²) in [5, 5.41) is 8.98. The molecule has 90 valence electrons. The maximum Gasteiger partial charge on any atom is 0.307 e. The van der Waals surface area contributed by atoms with E-state index >= 15 is 0 Å². The smallest absolute Gasteiger partial charge is 0.307 e. The van der Waals surface area contributed by atoms with E-state index in [-0.39, 0.29) is 6.42 Å². The molecule has 0 saturated carbocycles. The maximum atomic E-state index is 10.9. The van der Waals surface area contributed by atoms with Gasteiger partial charge in [0.2, 0.25) is 0 Å². The molecule has 1 aliphatic heterocycles. The summed E-state index contributed by atoms with van der Waals surface area (Å²) >= 11 is 0. The molecule has 0 amide bonds. The molecule has 2 aromatic rings. The largest absolute Gasteiger partial charge is 0.488 e. The van der Waals surface area contributed by atoms with Crippen molar-refractivity contribution in [3.8, 4) is 16.9 Å². The van der Waals surface area contributed by atoms with Crippen LogP contribution in [0.4, 0.5) is 0 Å². The molecule has 0 aliphatic carbocycles. The topological polar surface area (TPSA) is 46.5 Å². The quantitative estimate of drug-likeness (QED) is 0.878. The number of hydrogen-bond acceptors (Lipinski definition) is 2. The molecule has 0 saturated heterocycles. The molecule has 0 bridgehead atoms. The van der Waals surface area contributed by atoms with Gasteiger partial charge in [-0.05, 0) is 22.8 Å². The van der Waals surface area contributed by atoms with Gasteiger partial charge >= 0.3 is 5.97 Å². The number of ether oxygens (including phenoxy) is 1. The summed E-state index contributed by atoms with van der Waals surface area (Å²) in [7, 11) is 0. The summed E-state index contributed by atoms with van der Waals surface area (Å²) in [5.74, 6) is -0.0566. The van der Waals surface area contributed by atoms with Crippen molar-refractivity contribution in [3.05, 3.63) is 53.6 Å². The van der Waals surface area contributed by atoms with Gasteiger partial charge in [-0.15, -0.1) is 0 Å². The molecular formula is C15H12O3. The molecule has 3 nitrogen and oxygen atoms in total. The van der Waals surface area contributed by atoms with Gasteiger partial charge in [-0.2, -0.15) is 0 Å². The maximum absolute atomic E-state index is 10.9. The molecule has 0 atom stereocenters. The van der Waals surface area contributed by atoms with Crippen LogP contribution in [0.1, 0.15) is 11.1 Å². The highest BCUT2D eigenvalue weighted by Gasteiger charge is 2.20. The van der Waals surface area contributed by atoms with Crippen molar-refractivity contribution in [2.75, 3.05) is 0 Å². The van der Waals surface area contributed by atoms with Crippen molar-refractivity contribution in [3.63, 3.8) is 0 Å². The normalized spacial score (nSPS) is 12.2. The van der Waals surface area contributed by atoms with Crippen LogP contribution in [-0.2, 0) is 17.8 Å². The minimum atomic E-state index is -0.827. The summed E-state index contributed by atoms with van der Waals surface area (Å²) in [6.07, 6.45) is 0.0147. The first kappa shape index (κ1) is 10.8. The van der Waals surface area contributed by atoms with Crippen LogP contribution < -0.4 is 4.74 Å². The van der Waals surface area contributed by atoms with E-state index in [1.54, 1.807) is 0 Å². The Kier molecular flexibility index (Phi) is 2.52. The number of hydrogen-bond donors (Lipinski definition) is 1. The second kappa shape index (κ2) is 4.18. The van der Waals surface area contributed by atoms with Crippen molar-refractivity contribution in [2.45, 2.75) is 13.0 Å². The summed E-state index contributed by atoms with van der Waals surface area (Å²) in [4.78, 5) is 10.9. The third-order valence-electron chi connectivity index (χ3n) is 3.12. The Labute approximate surface area is 105 Å². The van der Waals surface area contributed by atoms with Gasteiger partial charge in [0.1, 0.15) is 12.4 Å². The van der Waals surface area contributed by atoms with E-state index in [1.165, 1.54) is 0 Å². The van der Waals surface area contributed by atoms with Crippen LogP contribution in [0.2, 0.25) is 0 Å². The second-order valence-corrected chi connectivity index (χ2v) is 4.31. The zero-order valence-corrected chi connectivity index (χ0v) is 9.72. The molecule has 0 unspecified atom stereocenters. The van der Waals surface area contributed by atoms with Crippen LogP contribution in [-0.4, -0.2) is 11.1 Å². The van der Waals surface area contributed by atoms with Crippen molar-refractivity contribution in [2.24, 2.45) is 0 Å². The van der Waals surface area contributed by atoms with Crippen LogP contribution in [0.3, 0.4) is 0 Å². The fourth-order valence-electron chi connectivity index (χ4n) is 2.36. The van der Waals surface area contributed by atoms with Gasteiger partial charge in [0.15, 0.2) is 0 Å². The average molecular weight is 240 g/mol. The standard InChI is InChI=1S/C15H12O3/c16-14(17)8-10-5-3-7-13-15(10)12-6-2-1-4-11(12)9-18-13/h1-7H,8-9H2,(H,16,17). The average Bonchev–Trinajstić information content (AvgIpc) is 2.38. The van der Waals surface area contributed by atoms with E-state index < -0.39 is 5.97 Å². The zero-order chi connectivity index (χ0) is 12.5. The summed E-state index contributed by atoms with van der Waals surface area (Å²) < 4.78 is 5.68. The second-order valence-electron chi connectivity index (χ2n) is 4.31. The summed E-state index contributed by atoms with van der Waals surface area (Å²) in [6.45, 7) is 0.541. The van der Waals surface area contributed by atoms with Gasteiger partial charge in [0, 0.05) is 5.56 Å². The lowest BCUT2D eigenvalue weighted by molar-refractivity contribution is -0.136. The SMILES string of the molecule is O=C(O)Cc1cccc2c1-c1ccccc1CO2. The third-order valence-corrected chi connectivity index (χ3v) is 3.12. The van der Waals surface area contributed by atoms with Crippen LogP contribution in [0, 0.1) is 0 Å². The van der Waals surface area contributed by atoms with Crippen LogP contribution in [0.25, 0.3) is 11.1 Å². The highest BCUT2D eigenvalue weighted by Crippen LogP contribution is 2.39. The highest BCUT2D eigenvalue weighted by atomic mass is 16.5. The lowest BCUT2D eigenvalue weighted by atomic mass is 9.92. The Hall–Kier alpha value is -2.29. The molecule has 0 spiro atoms. The van der Waals surface area contributed by atoms with Gasteiger partial charge in [-0.1, -0.05) is 36.4 Å². The first-order valence-electron chi connectivity index (χ1n) is 5.80. The minimum Gasteiger partial charge on any atom is -0.488 e. The van der Waals surface area contributed by atoms with E-state index in [0.29, 0.717) is 6.61 Å². The molecule has 1 N–H and O–H groups in total. The van der Waals surface area contributed by atoms with Crippen LogP contribution in [0.15, 0.2) is 42.5 Å². The monoisotopic (exact) mass is 240 g/mol. The van der Waals surface area contributed by atoms with Gasteiger partial charge in [0.05, 0.1) is 6.42 Å². The van der Waals surface area contributed by atoms with Gasteiger partial charge < -0.3 is 9.84 Å². The van der Waals surface area contributed by atoms with Crippen molar-refractivity contribution in [1.29, 1.82) is 0 Å². The number of carboxylic acid groups (broad SMARTS) is 1. The molecule has 0 fully saturated rings. The summed E-state index contributed by atoms with van der Waals surface area (Å²) in [5.41, 5.74) is 3.90. The Morgan fingerprint density at radius 1 is 1.17 bits per heavy atom. The first-order chi connectivity index (χ1) is 8.75. The molecule has 18 heavy (non-hydrogen) atoms.